The number of rotatable bonds is 8. The molecule has 2 fully saturated rings. The van der Waals surface area contributed by atoms with Crippen molar-refractivity contribution in [1.29, 1.82) is 0 Å². The van der Waals surface area contributed by atoms with Crippen molar-refractivity contribution in [1.82, 2.24) is 9.80 Å². The Bertz CT molecular complexity index is 824. The second-order valence-electron chi connectivity index (χ2n) is 9.11. The highest BCUT2D eigenvalue weighted by Gasteiger charge is 2.24. The van der Waals surface area contributed by atoms with Crippen LogP contribution in [0.2, 0.25) is 0 Å². The lowest BCUT2D eigenvalue weighted by Gasteiger charge is -2.32. The van der Waals surface area contributed by atoms with Gasteiger partial charge in [0.1, 0.15) is 11.9 Å². The fourth-order valence-corrected chi connectivity index (χ4v) is 4.77. The van der Waals surface area contributed by atoms with Crippen LogP contribution >= 0.6 is 0 Å². The first-order valence-corrected chi connectivity index (χ1v) is 12.0. The Hall–Kier alpha value is -2.37. The van der Waals surface area contributed by atoms with E-state index in [4.69, 9.17) is 9.47 Å². The Morgan fingerprint density at radius 3 is 2.25 bits per heavy atom. The minimum atomic E-state index is 0.124. The molecule has 1 amide bonds. The molecule has 0 unspecified atom stereocenters. The Labute approximate surface area is 192 Å². The normalized spacial score (nSPS) is 18.6. The highest BCUT2D eigenvalue weighted by atomic mass is 16.5. The number of hydrogen-bond acceptors (Lipinski definition) is 4. The molecule has 172 valence electrons. The fourth-order valence-electron chi connectivity index (χ4n) is 4.77. The summed E-state index contributed by atoms with van der Waals surface area (Å²) >= 11 is 0. The molecule has 5 nitrogen and oxygen atoms in total. The van der Waals surface area contributed by atoms with Gasteiger partial charge in [0, 0.05) is 52.0 Å². The Balaban J connectivity index is 1.19. The average molecular weight is 437 g/mol. The summed E-state index contributed by atoms with van der Waals surface area (Å²) in [6.45, 7) is 5.68. The van der Waals surface area contributed by atoms with Crippen LogP contribution in [-0.4, -0.2) is 68.3 Å². The van der Waals surface area contributed by atoms with E-state index in [-0.39, 0.29) is 12.0 Å². The molecule has 32 heavy (non-hydrogen) atoms. The molecule has 0 spiro atoms. The number of carbonyl (C=O) groups is 1. The predicted molar refractivity (Wildman–Crippen MR) is 127 cm³/mol. The smallest absolute Gasteiger partial charge is 0.253 e. The van der Waals surface area contributed by atoms with E-state index in [1.807, 2.05) is 29.2 Å². The summed E-state index contributed by atoms with van der Waals surface area (Å²) in [5.41, 5.74) is 2.15. The summed E-state index contributed by atoms with van der Waals surface area (Å²) in [4.78, 5) is 17.3. The van der Waals surface area contributed by atoms with Gasteiger partial charge in [0.05, 0.1) is 0 Å². The van der Waals surface area contributed by atoms with Gasteiger partial charge in [0.15, 0.2) is 0 Å². The van der Waals surface area contributed by atoms with E-state index in [1.54, 1.807) is 7.11 Å². The lowest BCUT2D eigenvalue weighted by atomic mass is 9.97. The minimum Gasteiger partial charge on any atom is -0.490 e. The van der Waals surface area contributed by atoms with Crippen molar-refractivity contribution >= 4 is 5.91 Å². The van der Waals surface area contributed by atoms with E-state index in [0.717, 1.165) is 82.7 Å². The van der Waals surface area contributed by atoms with Gasteiger partial charge >= 0.3 is 0 Å². The van der Waals surface area contributed by atoms with Gasteiger partial charge < -0.3 is 19.3 Å². The molecule has 2 aromatic carbocycles. The standard InChI is InChI=1S/C27H36N2O3/c1-31-21-23-12-19-29(20-13-23)27(30)24-7-9-25(10-8-24)32-26-14-17-28(18-15-26)16-11-22-5-3-2-4-6-22/h2-10,23,26H,11-21H2,1H3. The van der Waals surface area contributed by atoms with Gasteiger partial charge in [-0.25, -0.2) is 0 Å². The van der Waals surface area contributed by atoms with Crippen LogP contribution in [0.1, 0.15) is 41.6 Å². The Kier molecular flexibility index (Phi) is 8.18. The zero-order valence-electron chi connectivity index (χ0n) is 19.2. The monoisotopic (exact) mass is 436 g/mol. The molecule has 0 aliphatic carbocycles. The van der Waals surface area contributed by atoms with E-state index in [1.165, 1.54) is 5.56 Å². The largest absolute Gasteiger partial charge is 0.490 e. The van der Waals surface area contributed by atoms with Gasteiger partial charge in [-0.05, 0) is 67.9 Å². The summed E-state index contributed by atoms with van der Waals surface area (Å²) in [7, 11) is 1.75. The maximum absolute atomic E-state index is 12.8. The van der Waals surface area contributed by atoms with Gasteiger partial charge in [0.25, 0.3) is 5.91 Å². The van der Waals surface area contributed by atoms with Gasteiger partial charge in [-0.15, -0.1) is 0 Å². The van der Waals surface area contributed by atoms with Gasteiger partial charge in [-0.1, -0.05) is 30.3 Å². The van der Waals surface area contributed by atoms with Crippen molar-refractivity contribution in [3.05, 3.63) is 65.7 Å². The van der Waals surface area contributed by atoms with Crippen LogP contribution in [0.4, 0.5) is 0 Å². The number of amides is 1. The molecule has 2 aliphatic heterocycles. The van der Waals surface area contributed by atoms with E-state index in [9.17, 15) is 4.79 Å². The van der Waals surface area contributed by atoms with Crippen molar-refractivity contribution in [2.45, 2.75) is 38.2 Å². The average Bonchev–Trinajstić information content (AvgIpc) is 2.85. The van der Waals surface area contributed by atoms with Crippen LogP contribution in [0.15, 0.2) is 54.6 Å². The Morgan fingerprint density at radius 1 is 0.906 bits per heavy atom. The minimum absolute atomic E-state index is 0.124. The zero-order chi connectivity index (χ0) is 22.2. The number of methoxy groups -OCH3 is 1. The summed E-state index contributed by atoms with van der Waals surface area (Å²) in [5, 5.41) is 0. The fraction of sp³-hybridized carbons (Fsp3) is 0.519. The quantitative estimate of drug-likeness (QED) is 0.620. The molecule has 0 radical (unpaired) electrons. The first kappa shape index (κ1) is 22.8. The van der Waals surface area contributed by atoms with Crippen LogP contribution in [0, 0.1) is 5.92 Å². The van der Waals surface area contributed by atoms with Crippen molar-refractivity contribution < 1.29 is 14.3 Å². The number of piperidine rings is 2. The highest BCUT2D eigenvalue weighted by Crippen LogP contribution is 2.22. The second kappa shape index (κ2) is 11.5. The van der Waals surface area contributed by atoms with Crippen molar-refractivity contribution in [2.24, 2.45) is 5.92 Å². The maximum Gasteiger partial charge on any atom is 0.253 e. The van der Waals surface area contributed by atoms with E-state index >= 15 is 0 Å². The van der Waals surface area contributed by atoms with Gasteiger partial charge in [0.2, 0.25) is 0 Å². The van der Waals surface area contributed by atoms with Crippen molar-refractivity contribution in [2.75, 3.05) is 46.4 Å². The van der Waals surface area contributed by atoms with Crippen LogP contribution in [0.3, 0.4) is 0 Å². The van der Waals surface area contributed by atoms with Crippen LogP contribution in [0.5, 0.6) is 5.75 Å². The molecular formula is C27H36N2O3. The van der Waals surface area contributed by atoms with Crippen LogP contribution < -0.4 is 4.74 Å². The summed E-state index contributed by atoms with van der Waals surface area (Å²) < 4.78 is 11.5. The lowest BCUT2D eigenvalue weighted by Crippen LogP contribution is -2.39. The molecule has 0 N–H and O–H groups in total. The third-order valence-corrected chi connectivity index (χ3v) is 6.80. The molecule has 0 saturated carbocycles. The third kappa shape index (κ3) is 6.33. The molecule has 2 saturated heterocycles. The van der Waals surface area contributed by atoms with Crippen molar-refractivity contribution in [3.63, 3.8) is 0 Å². The molecule has 2 heterocycles. The first-order valence-electron chi connectivity index (χ1n) is 12.0. The molecule has 4 rings (SSSR count). The molecule has 2 aliphatic rings. The highest BCUT2D eigenvalue weighted by molar-refractivity contribution is 5.94. The van der Waals surface area contributed by atoms with Gasteiger partial charge in [-0.3, -0.25) is 4.79 Å². The van der Waals surface area contributed by atoms with E-state index < -0.39 is 0 Å². The SMILES string of the molecule is COCC1CCN(C(=O)c2ccc(OC3CCN(CCc4ccccc4)CC3)cc2)CC1. The number of likely N-dealkylation sites (tertiary alicyclic amines) is 2. The summed E-state index contributed by atoms with van der Waals surface area (Å²) in [6.07, 6.45) is 5.49. The molecule has 0 bridgehead atoms. The molecule has 5 heteroatoms. The molecule has 2 aromatic rings. The maximum atomic E-state index is 12.8. The third-order valence-electron chi connectivity index (χ3n) is 6.80. The number of nitrogens with zero attached hydrogens (tertiary/aromatic N) is 2. The number of benzene rings is 2. The number of hydrogen-bond donors (Lipinski definition) is 0. The summed E-state index contributed by atoms with van der Waals surface area (Å²) in [6, 6.07) is 18.4. The number of carbonyl (C=O) groups excluding carboxylic acids is 1. The van der Waals surface area contributed by atoms with E-state index in [2.05, 4.69) is 35.2 Å². The summed E-state index contributed by atoms with van der Waals surface area (Å²) in [5.74, 6) is 1.56. The van der Waals surface area contributed by atoms with Crippen LogP contribution in [0.25, 0.3) is 0 Å². The Morgan fingerprint density at radius 2 is 1.59 bits per heavy atom. The molecule has 0 aromatic heterocycles. The first-order chi connectivity index (χ1) is 15.7. The number of ether oxygens (including phenoxy) is 2. The van der Waals surface area contributed by atoms with Crippen molar-refractivity contribution in [3.8, 4) is 5.75 Å². The topological polar surface area (TPSA) is 42.0 Å². The zero-order valence-corrected chi connectivity index (χ0v) is 19.2. The van der Waals surface area contributed by atoms with Gasteiger partial charge in [-0.2, -0.15) is 0 Å². The molecular weight excluding hydrogens is 400 g/mol. The second-order valence-corrected chi connectivity index (χ2v) is 9.11. The van der Waals surface area contributed by atoms with Crippen LogP contribution in [-0.2, 0) is 11.2 Å². The molecule has 0 atom stereocenters. The van der Waals surface area contributed by atoms with E-state index in [0.29, 0.717) is 5.92 Å². The predicted octanol–water partition coefficient (Wildman–Crippen LogP) is 4.27. The lowest BCUT2D eigenvalue weighted by molar-refractivity contribution is 0.0613.